The first-order valence-corrected chi connectivity index (χ1v) is 7.41. The maximum absolute atomic E-state index is 4.77. The van der Waals surface area contributed by atoms with Crippen LogP contribution in [0.3, 0.4) is 0 Å². The van der Waals surface area contributed by atoms with E-state index in [4.69, 9.17) is 4.98 Å². The Balaban J connectivity index is 1.82. The third-order valence-corrected chi connectivity index (χ3v) is 4.16. The monoisotopic (exact) mass is 266 g/mol. The van der Waals surface area contributed by atoms with Crippen molar-refractivity contribution < 1.29 is 0 Å². The Labute approximate surface area is 121 Å². The Bertz CT molecular complexity index is 627. The van der Waals surface area contributed by atoms with Crippen molar-refractivity contribution in [3.8, 4) is 11.3 Å². The van der Waals surface area contributed by atoms with Crippen LogP contribution in [0, 0.1) is 20.8 Å². The molecule has 0 aliphatic heterocycles. The number of aromatic nitrogens is 1. The van der Waals surface area contributed by atoms with E-state index in [1.165, 1.54) is 35.1 Å². The van der Waals surface area contributed by atoms with Crippen LogP contribution in [0.15, 0.2) is 30.3 Å². The Morgan fingerprint density at radius 2 is 1.85 bits per heavy atom. The fourth-order valence-electron chi connectivity index (χ4n) is 2.38. The van der Waals surface area contributed by atoms with Crippen LogP contribution < -0.4 is 5.32 Å². The molecule has 1 aromatic carbocycles. The normalized spacial score (nSPS) is 14.6. The van der Waals surface area contributed by atoms with Crippen LogP contribution in [0.25, 0.3) is 11.3 Å². The summed E-state index contributed by atoms with van der Waals surface area (Å²) in [6.07, 6.45) is 2.65. The molecule has 0 radical (unpaired) electrons. The second kappa shape index (κ2) is 5.37. The summed E-state index contributed by atoms with van der Waals surface area (Å²) in [7, 11) is 0. The minimum absolute atomic E-state index is 0.744. The molecule has 0 bridgehead atoms. The summed E-state index contributed by atoms with van der Waals surface area (Å²) >= 11 is 0. The van der Waals surface area contributed by atoms with Crippen molar-refractivity contribution in [2.45, 2.75) is 46.2 Å². The number of hydrogen-bond donors (Lipinski definition) is 1. The van der Waals surface area contributed by atoms with Gasteiger partial charge in [-0.15, -0.1) is 0 Å². The van der Waals surface area contributed by atoms with Crippen LogP contribution in [0.2, 0.25) is 0 Å². The molecule has 2 aromatic rings. The number of hydrogen-bond acceptors (Lipinski definition) is 2. The molecule has 0 atom stereocenters. The average molecular weight is 266 g/mol. The van der Waals surface area contributed by atoms with Crippen LogP contribution in [-0.4, -0.2) is 11.0 Å². The molecule has 0 amide bonds. The summed E-state index contributed by atoms with van der Waals surface area (Å²) in [6, 6.07) is 11.6. The third kappa shape index (κ3) is 2.91. The van der Waals surface area contributed by atoms with Crippen molar-refractivity contribution >= 4 is 0 Å². The van der Waals surface area contributed by atoms with Gasteiger partial charge in [-0.05, 0) is 62.4 Å². The molecule has 2 nitrogen and oxygen atoms in total. The van der Waals surface area contributed by atoms with Gasteiger partial charge < -0.3 is 5.32 Å². The summed E-state index contributed by atoms with van der Waals surface area (Å²) < 4.78 is 0. The Morgan fingerprint density at radius 1 is 1.05 bits per heavy atom. The van der Waals surface area contributed by atoms with Gasteiger partial charge in [-0.1, -0.05) is 18.2 Å². The van der Waals surface area contributed by atoms with Crippen molar-refractivity contribution in [3.05, 3.63) is 52.7 Å². The molecule has 3 rings (SSSR count). The van der Waals surface area contributed by atoms with Gasteiger partial charge >= 0.3 is 0 Å². The summed E-state index contributed by atoms with van der Waals surface area (Å²) in [5.41, 5.74) is 7.37. The number of pyridine rings is 1. The molecule has 0 saturated heterocycles. The maximum Gasteiger partial charge on any atom is 0.0705 e. The first kappa shape index (κ1) is 13.3. The molecule has 104 valence electrons. The molecule has 1 saturated carbocycles. The minimum atomic E-state index is 0.744. The van der Waals surface area contributed by atoms with Gasteiger partial charge in [0.15, 0.2) is 0 Å². The van der Waals surface area contributed by atoms with E-state index in [0.29, 0.717) is 0 Å². The number of nitrogens with one attached hydrogen (secondary N) is 1. The van der Waals surface area contributed by atoms with E-state index < -0.39 is 0 Å². The van der Waals surface area contributed by atoms with Crippen molar-refractivity contribution in [2.24, 2.45) is 0 Å². The summed E-state index contributed by atoms with van der Waals surface area (Å²) in [5.74, 6) is 0. The molecule has 1 N–H and O–H groups in total. The van der Waals surface area contributed by atoms with Crippen LogP contribution in [0.1, 0.15) is 35.2 Å². The van der Waals surface area contributed by atoms with Gasteiger partial charge in [0.2, 0.25) is 0 Å². The van der Waals surface area contributed by atoms with Crippen LogP contribution in [0.4, 0.5) is 0 Å². The largest absolute Gasteiger partial charge is 0.310 e. The van der Waals surface area contributed by atoms with E-state index in [0.717, 1.165) is 24.0 Å². The molecule has 1 fully saturated rings. The van der Waals surface area contributed by atoms with Crippen molar-refractivity contribution in [1.82, 2.24) is 10.3 Å². The zero-order valence-corrected chi connectivity index (χ0v) is 12.5. The number of rotatable bonds is 4. The molecule has 2 heteroatoms. The first-order chi connectivity index (χ1) is 9.63. The van der Waals surface area contributed by atoms with E-state index in [1.807, 2.05) is 0 Å². The van der Waals surface area contributed by atoms with Crippen molar-refractivity contribution in [1.29, 1.82) is 0 Å². The third-order valence-electron chi connectivity index (χ3n) is 4.16. The quantitative estimate of drug-likeness (QED) is 0.907. The molecular formula is C18H22N2. The summed E-state index contributed by atoms with van der Waals surface area (Å²) in [4.78, 5) is 4.77. The lowest BCUT2D eigenvalue weighted by Gasteiger charge is -2.10. The maximum atomic E-state index is 4.77. The highest BCUT2D eigenvalue weighted by molar-refractivity contribution is 5.61. The predicted molar refractivity (Wildman–Crippen MR) is 83.7 cm³/mol. The lowest BCUT2D eigenvalue weighted by molar-refractivity contribution is 0.682. The topological polar surface area (TPSA) is 24.9 Å². The standard InChI is InChI=1S/C18H22N2/c1-12-4-5-15(10-13(12)2)18-9-6-16(14(3)20-18)11-19-17-7-8-17/h4-6,9-10,17,19H,7-8,11H2,1-3H3. The van der Waals surface area contributed by atoms with Gasteiger partial charge in [0, 0.05) is 23.8 Å². The molecule has 20 heavy (non-hydrogen) atoms. The highest BCUT2D eigenvalue weighted by Gasteiger charge is 2.20. The fraction of sp³-hybridized carbons (Fsp3) is 0.389. The molecule has 1 aliphatic carbocycles. The molecule has 1 aliphatic rings. The zero-order valence-electron chi connectivity index (χ0n) is 12.5. The Kier molecular flexibility index (Phi) is 3.58. The smallest absolute Gasteiger partial charge is 0.0705 e. The van der Waals surface area contributed by atoms with E-state index in [9.17, 15) is 0 Å². The van der Waals surface area contributed by atoms with E-state index in [1.54, 1.807) is 0 Å². The van der Waals surface area contributed by atoms with E-state index in [-0.39, 0.29) is 0 Å². The van der Waals surface area contributed by atoms with Gasteiger partial charge in [0.1, 0.15) is 0 Å². The first-order valence-electron chi connectivity index (χ1n) is 7.41. The molecule has 1 heterocycles. The van der Waals surface area contributed by atoms with Crippen LogP contribution in [0.5, 0.6) is 0 Å². The molecular weight excluding hydrogens is 244 g/mol. The van der Waals surface area contributed by atoms with Gasteiger partial charge in [-0.25, -0.2) is 0 Å². The molecule has 1 aromatic heterocycles. The minimum Gasteiger partial charge on any atom is -0.310 e. The van der Waals surface area contributed by atoms with Gasteiger partial charge in [-0.2, -0.15) is 0 Å². The van der Waals surface area contributed by atoms with Crippen LogP contribution in [-0.2, 0) is 6.54 Å². The van der Waals surface area contributed by atoms with Crippen molar-refractivity contribution in [2.75, 3.05) is 0 Å². The Morgan fingerprint density at radius 3 is 2.50 bits per heavy atom. The van der Waals surface area contributed by atoms with E-state index in [2.05, 4.69) is 56.4 Å². The molecule has 0 spiro atoms. The number of aryl methyl sites for hydroxylation is 3. The zero-order chi connectivity index (χ0) is 14.1. The van der Waals surface area contributed by atoms with Gasteiger partial charge in [0.25, 0.3) is 0 Å². The second-order valence-electron chi connectivity index (χ2n) is 5.90. The highest BCUT2D eigenvalue weighted by Crippen LogP contribution is 2.23. The Hall–Kier alpha value is -1.67. The fourth-order valence-corrected chi connectivity index (χ4v) is 2.38. The highest BCUT2D eigenvalue weighted by atomic mass is 14.9. The second-order valence-corrected chi connectivity index (χ2v) is 5.90. The van der Waals surface area contributed by atoms with E-state index >= 15 is 0 Å². The predicted octanol–water partition coefficient (Wildman–Crippen LogP) is 3.93. The van der Waals surface area contributed by atoms with Crippen molar-refractivity contribution in [3.63, 3.8) is 0 Å². The molecule has 0 unspecified atom stereocenters. The van der Waals surface area contributed by atoms with Gasteiger partial charge in [-0.3, -0.25) is 4.98 Å². The van der Waals surface area contributed by atoms with Crippen LogP contribution >= 0.6 is 0 Å². The van der Waals surface area contributed by atoms with Gasteiger partial charge in [0.05, 0.1) is 5.69 Å². The lowest BCUT2D eigenvalue weighted by atomic mass is 10.0. The number of nitrogens with zero attached hydrogens (tertiary/aromatic N) is 1. The SMILES string of the molecule is Cc1ccc(-c2ccc(CNC3CC3)c(C)n2)cc1C. The summed E-state index contributed by atoms with van der Waals surface area (Å²) in [5, 5.41) is 3.55. The lowest BCUT2D eigenvalue weighted by Crippen LogP contribution is -2.16. The average Bonchev–Trinajstić information content (AvgIpc) is 3.24. The summed E-state index contributed by atoms with van der Waals surface area (Å²) in [6.45, 7) is 7.34. The number of benzene rings is 1.